The quantitative estimate of drug-likeness (QED) is 0.874. The maximum absolute atomic E-state index is 12.7. The molecule has 0 saturated carbocycles. The summed E-state index contributed by atoms with van der Waals surface area (Å²) in [6.07, 6.45) is 3.39. The summed E-state index contributed by atoms with van der Waals surface area (Å²) < 4.78 is 27.0. The number of aromatic nitrogens is 1. The second kappa shape index (κ2) is 5.55. The summed E-state index contributed by atoms with van der Waals surface area (Å²) in [5.41, 5.74) is 0.974. The number of thioether (sulfide) groups is 1. The molecule has 20 heavy (non-hydrogen) atoms. The lowest BCUT2D eigenvalue weighted by Crippen LogP contribution is -2.30. The van der Waals surface area contributed by atoms with E-state index in [1.54, 1.807) is 52.7 Å². The highest BCUT2D eigenvalue weighted by atomic mass is 32.2. The van der Waals surface area contributed by atoms with E-state index in [1.165, 1.54) is 0 Å². The van der Waals surface area contributed by atoms with Crippen LogP contribution >= 0.6 is 11.8 Å². The monoisotopic (exact) mass is 306 g/mol. The summed E-state index contributed by atoms with van der Waals surface area (Å²) in [5.74, 6) is 0.805. The van der Waals surface area contributed by atoms with E-state index in [-0.39, 0.29) is 5.37 Å². The SMILES string of the molecule is O=S(=O)(c1ccccc1)N1CCSC1c1ccncc1. The van der Waals surface area contributed by atoms with Crippen molar-refractivity contribution in [2.45, 2.75) is 10.3 Å². The molecule has 3 rings (SSSR count). The van der Waals surface area contributed by atoms with E-state index in [9.17, 15) is 8.42 Å². The van der Waals surface area contributed by atoms with Crippen molar-refractivity contribution in [3.8, 4) is 0 Å². The summed E-state index contributed by atoms with van der Waals surface area (Å²) in [6.45, 7) is 0.537. The van der Waals surface area contributed by atoms with E-state index < -0.39 is 10.0 Å². The third kappa shape index (κ3) is 2.46. The third-order valence-electron chi connectivity index (χ3n) is 3.19. The van der Waals surface area contributed by atoms with Gasteiger partial charge in [0.05, 0.1) is 10.3 Å². The fraction of sp³-hybridized carbons (Fsp3) is 0.214. The van der Waals surface area contributed by atoms with Crippen molar-refractivity contribution in [3.05, 3.63) is 60.4 Å². The molecule has 0 radical (unpaired) electrons. The average Bonchev–Trinajstić information content (AvgIpc) is 2.99. The van der Waals surface area contributed by atoms with Gasteiger partial charge in [-0.3, -0.25) is 4.98 Å². The number of nitrogens with zero attached hydrogens (tertiary/aromatic N) is 2. The molecular weight excluding hydrogens is 292 g/mol. The Bertz CT molecular complexity index is 675. The molecular formula is C14H14N2O2S2. The number of rotatable bonds is 3. The second-order valence-corrected chi connectivity index (χ2v) is 7.51. The van der Waals surface area contributed by atoms with E-state index in [0.29, 0.717) is 11.4 Å². The van der Waals surface area contributed by atoms with Crippen LogP contribution in [0.2, 0.25) is 0 Å². The first kappa shape index (κ1) is 13.6. The van der Waals surface area contributed by atoms with E-state index in [4.69, 9.17) is 0 Å². The molecule has 1 fully saturated rings. The van der Waals surface area contributed by atoms with Crippen LogP contribution in [0, 0.1) is 0 Å². The number of pyridine rings is 1. The van der Waals surface area contributed by atoms with Crippen LogP contribution in [0.1, 0.15) is 10.9 Å². The van der Waals surface area contributed by atoms with E-state index in [1.807, 2.05) is 18.2 Å². The van der Waals surface area contributed by atoms with Gasteiger partial charge in [-0.2, -0.15) is 4.31 Å². The Morgan fingerprint density at radius 1 is 1.10 bits per heavy atom. The highest BCUT2D eigenvalue weighted by molar-refractivity contribution is 8.01. The van der Waals surface area contributed by atoms with Crippen LogP contribution in [0.25, 0.3) is 0 Å². The van der Waals surface area contributed by atoms with Crippen molar-refractivity contribution in [1.82, 2.24) is 9.29 Å². The Labute approximate surface area is 122 Å². The lowest BCUT2D eigenvalue weighted by Gasteiger charge is -2.23. The van der Waals surface area contributed by atoms with Crippen LogP contribution in [0.15, 0.2) is 59.8 Å². The van der Waals surface area contributed by atoms with Crippen molar-refractivity contribution >= 4 is 21.8 Å². The van der Waals surface area contributed by atoms with Gasteiger partial charge in [0.25, 0.3) is 0 Å². The molecule has 0 spiro atoms. The fourth-order valence-corrected chi connectivity index (χ4v) is 5.48. The van der Waals surface area contributed by atoms with Crippen molar-refractivity contribution in [1.29, 1.82) is 0 Å². The molecule has 1 aromatic carbocycles. The van der Waals surface area contributed by atoms with Gasteiger partial charge in [0, 0.05) is 24.7 Å². The summed E-state index contributed by atoms with van der Waals surface area (Å²) in [5, 5.41) is -0.164. The van der Waals surface area contributed by atoms with Crippen molar-refractivity contribution in [3.63, 3.8) is 0 Å². The van der Waals surface area contributed by atoms with Crippen LogP contribution in [-0.2, 0) is 10.0 Å². The van der Waals surface area contributed by atoms with Crippen LogP contribution in [0.5, 0.6) is 0 Å². The first-order valence-corrected chi connectivity index (χ1v) is 8.77. The lowest BCUT2D eigenvalue weighted by molar-refractivity contribution is 0.434. The Morgan fingerprint density at radius 2 is 1.80 bits per heavy atom. The number of sulfonamides is 1. The van der Waals surface area contributed by atoms with Crippen LogP contribution < -0.4 is 0 Å². The van der Waals surface area contributed by atoms with E-state index >= 15 is 0 Å². The fourth-order valence-electron chi connectivity index (χ4n) is 2.22. The number of benzene rings is 1. The van der Waals surface area contributed by atoms with Crippen molar-refractivity contribution < 1.29 is 8.42 Å². The minimum Gasteiger partial charge on any atom is -0.265 e. The van der Waals surface area contributed by atoms with E-state index in [0.717, 1.165) is 11.3 Å². The predicted octanol–water partition coefficient (Wildman–Crippen LogP) is 2.52. The Morgan fingerprint density at radius 3 is 2.50 bits per heavy atom. The molecule has 0 aliphatic carbocycles. The molecule has 0 N–H and O–H groups in total. The maximum Gasteiger partial charge on any atom is 0.244 e. The first-order valence-electron chi connectivity index (χ1n) is 6.28. The summed E-state index contributed by atoms with van der Waals surface area (Å²) in [7, 11) is -3.44. The van der Waals surface area contributed by atoms with Crippen molar-refractivity contribution in [2.75, 3.05) is 12.3 Å². The molecule has 0 amide bonds. The predicted molar refractivity (Wildman–Crippen MR) is 79.8 cm³/mol. The molecule has 104 valence electrons. The van der Waals surface area contributed by atoms with Gasteiger partial charge in [0.15, 0.2) is 0 Å². The maximum atomic E-state index is 12.7. The van der Waals surface area contributed by atoms with Gasteiger partial charge >= 0.3 is 0 Å². The normalized spacial score (nSPS) is 20.1. The summed E-state index contributed by atoms with van der Waals surface area (Å²) >= 11 is 1.64. The summed E-state index contributed by atoms with van der Waals surface area (Å²) in [6, 6.07) is 12.3. The van der Waals surface area contributed by atoms with Gasteiger partial charge < -0.3 is 0 Å². The van der Waals surface area contributed by atoms with Gasteiger partial charge in [-0.15, -0.1) is 11.8 Å². The van der Waals surface area contributed by atoms with Crippen molar-refractivity contribution in [2.24, 2.45) is 0 Å². The number of hydrogen-bond donors (Lipinski definition) is 0. The molecule has 4 nitrogen and oxygen atoms in total. The van der Waals surface area contributed by atoms with Crippen LogP contribution in [0.4, 0.5) is 0 Å². The second-order valence-electron chi connectivity index (χ2n) is 4.43. The number of hydrogen-bond acceptors (Lipinski definition) is 4. The van der Waals surface area contributed by atoms with Crippen LogP contribution in [0.3, 0.4) is 0 Å². The third-order valence-corrected chi connectivity index (χ3v) is 6.46. The minimum absolute atomic E-state index is 0.164. The highest BCUT2D eigenvalue weighted by Gasteiger charge is 2.36. The Kier molecular flexibility index (Phi) is 3.78. The largest absolute Gasteiger partial charge is 0.265 e. The van der Waals surface area contributed by atoms with Crippen LogP contribution in [-0.4, -0.2) is 30.0 Å². The minimum atomic E-state index is -3.44. The lowest BCUT2D eigenvalue weighted by atomic mass is 10.3. The molecule has 1 aromatic heterocycles. The van der Waals surface area contributed by atoms with Gasteiger partial charge in [0.1, 0.15) is 0 Å². The van der Waals surface area contributed by atoms with Gasteiger partial charge in [-0.1, -0.05) is 18.2 Å². The van der Waals surface area contributed by atoms with Gasteiger partial charge in [0.2, 0.25) is 10.0 Å². The zero-order valence-corrected chi connectivity index (χ0v) is 12.3. The topological polar surface area (TPSA) is 50.3 Å². The molecule has 1 aliphatic heterocycles. The molecule has 2 aromatic rings. The van der Waals surface area contributed by atoms with E-state index in [2.05, 4.69) is 4.98 Å². The molecule has 1 saturated heterocycles. The molecule has 1 unspecified atom stereocenters. The molecule has 1 aliphatic rings. The van der Waals surface area contributed by atoms with Gasteiger partial charge in [-0.25, -0.2) is 8.42 Å². The zero-order chi connectivity index (χ0) is 14.0. The molecule has 0 bridgehead atoms. The summed E-state index contributed by atoms with van der Waals surface area (Å²) in [4.78, 5) is 4.33. The zero-order valence-electron chi connectivity index (χ0n) is 10.7. The standard InChI is InChI=1S/C14H14N2O2S2/c17-20(18,13-4-2-1-3-5-13)16-10-11-19-14(16)12-6-8-15-9-7-12/h1-9,14H,10-11H2. The Balaban J connectivity index is 1.97. The van der Waals surface area contributed by atoms with Gasteiger partial charge in [-0.05, 0) is 29.8 Å². The molecule has 1 atom stereocenters. The average molecular weight is 306 g/mol. The Hall–Kier alpha value is -1.37. The molecule has 2 heterocycles. The highest BCUT2D eigenvalue weighted by Crippen LogP contribution is 2.40. The molecule has 6 heteroatoms. The smallest absolute Gasteiger partial charge is 0.244 e. The first-order chi connectivity index (χ1) is 9.69.